The third-order valence-corrected chi connectivity index (χ3v) is 9.08. The highest BCUT2D eigenvalue weighted by Gasteiger charge is 2.30. The van der Waals surface area contributed by atoms with E-state index in [0.29, 0.717) is 48.2 Å². The summed E-state index contributed by atoms with van der Waals surface area (Å²) in [4.78, 5) is 24.4. The van der Waals surface area contributed by atoms with Crippen LogP contribution in [0, 0.1) is 24.4 Å². The fraction of sp³-hybridized carbons (Fsp3) is 0.316. The standard InChI is InChI=1S/C38H38F3N7O2/c1-22-6-8-32(42-17-22)23(2)47-21-30(24-7-9-33-31(41)19-44-48(33)20-24)34-35(29(18-43-36(34)47)25-14-26(39)16-27(40)15-25)46-12-10-28(11-13-46)45-37(49)50-38(3,4)5/h6-9,14-21,23,28H,10-13H2,1-5H3,(H,45,49)/t23-/m0/s1. The van der Waals surface area contributed by atoms with Gasteiger partial charge in [-0.3, -0.25) is 4.98 Å². The number of rotatable bonds is 6. The second-order valence-corrected chi connectivity index (χ2v) is 13.9. The Kier molecular flexibility index (Phi) is 8.49. The molecule has 5 aromatic heterocycles. The second-order valence-electron chi connectivity index (χ2n) is 13.9. The van der Waals surface area contributed by atoms with Crippen molar-refractivity contribution in [2.24, 2.45) is 0 Å². The van der Waals surface area contributed by atoms with E-state index in [1.807, 2.05) is 69.8 Å². The molecule has 0 aliphatic carbocycles. The molecule has 1 amide bonds. The zero-order valence-electron chi connectivity index (χ0n) is 28.5. The predicted molar refractivity (Wildman–Crippen MR) is 187 cm³/mol. The molecule has 0 saturated carbocycles. The number of nitrogens with zero attached hydrogens (tertiary/aromatic N) is 6. The van der Waals surface area contributed by atoms with Gasteiger partial charge in [0, 0.05) is 66.7 Å². The summed E-state index contributed by atoms with van der Waals surface area (Å²) < 4.78 is 53.0. The highest BCUT2D eigenvalue weighted by atomic mass is 19.1. The molecule has 0 spiro atoms. The smallest absolute Gasteiger partial charge is 0.407 e. The minimum atomic E-state index is -0.700. The van der Waals surface area contributed by atoms with Crippen molar-refractivity contribution in [3.8, 4) is 22.3 Å². The molecule has 7 rings (SSSR count). The molecular weight excluding hydrogens is 643 g/mol. The molecule has 1 aromatic carbocycles. The first-order valence-electron chi connectivity index (χ1n) is 16.6. The number of alkyl carbamates (subject to hydrolysis) is 1. The molecule has 1 aliphatic heterocycles. The lowest BCUT2D eigenvalue weighted by atomic mass is 9.96. The Balaban J connectivity index is 1.41. The van der Waals surface area contributed by atoms with E-state index in [1.54, 1.807) is 18.5 Å². The minimum absolute atomic E-state index is 0.123. The Morgan fingerprint density at radius 3 is 2.34 bits per heavy atom. The van der Waals surface area contributed by atoms with Gasteiger partial charge in [-0.2, -0.15) is 5.10 Å². The van der Waals surface area contributed by atoms with E-state index in [1.165, 1.54) is 22.8 Å². The molecule has 1 saturated heterocycles. The Morgan fingerprint density at radius 1 is 0.920 bits per heavy atom. The van der Waals surface area contributed by atoms with Crippen LogP contribution in [0.15, 0.2) is 73.4 Å². The normalized spacial score (nSPS) is 14.8. The summed E-state index contributed by atoms with van der Waals surface area (Å²) in [6, 6.07) is 10.6. The van der Waals surface area contributed by atoms with E-state index in [0.717, 1.165) is 39.5 Å². The minimum Gasteiger partial charge on any atom is -0.444 e. The number of carbonyl (C=O) groups is 1. The number of piperidine rings is 1. The van der Waals surface area contributed by atoms with Gasteiger partial charge >= 0.3 is 6.09 Å². The fourth-order valence-corrected chi connectivity index (χ4v) is 6.67. The molecule has 0 unspecified atom stereocenters. The van der Waals surface area contributed by atoms with Gasteiger partial charge in [0.15, 0.2) is 5.82 Å². The maximum absolute atomic E-state index is 14.7. The Hall–Kier alpha value is -5.39. The zero-order chi connectivity index (χ0) is 35.3. The Labute approximate surface area is 287 Å². The van der Waals surface area contributed by atoms with Gasteiger partial charge in [-0.25, -0.2) is 27.5 Å². The topological polar surface area (TPSA) is 89.6 Å². The summed E-state index contributed by atoms with van der Waals surface area (Å²) in [6.45, 7) is 10.6. The number of nitrogens with one attached hydrogen (secondary N) is 1. The largest absolute Gasteiger partial charge is 0.444 e. The molecule has 258 valence electrons. The van der Waals surface area contributed by atoms with Gasteiger partial charge in [-0.15, -0.1) is 0 Å². The molecular formula is C38H38F3N7O2. The number of aromatic nitrogens is 5. The first kappa shape index (κ1) is 33.1. The molecule has 6 heterocycles. The number of halogens is 3. The van der Waals surface area contributed by atoms with E-state index in [2.05, 4.69) is 15.3 Å². The Bertz CT molecular complexity index is 2190. The van der Waals surface area contributed by atoms with Crippen molar-refractivity contribution in [1.82, 2.24) is 29.5 Å². The van der Waals surface area contributed by atoms with E-state index in [-0.39, 0.29) is 12.1 Å². The summed E-state index contributed by atoms with van der Waals surface area (Å²) in [7, 11) is 0. The maximum atomic E-state index is 14.7. The maximum Gasteiger partial charge on any atom is 0.407 e. The van der Waals surface area contributed by atoms with Crippen LogP contribution in [0.1, 0.15) is 57.8 Å². The molecule has 1 aliphatic rings. The molecule has 6 aromatic rings. The quantitative estimate of drug-likeness (QED) is 0.191. The number of carbonyl (C=O) groups excluding carboxylic acids is 1. The van der Waals surface area contributed by atoms with Gasteiger partial charge in [0.1, 0.15) is 28.4 Å². The number of hydrogen-bond acceptors (Lipinski definition) is 6. The fourth-order valence-electron chi connectivity index (χ4n) is 6.67. The molecule has 50 heavy (non-hydrogen) atoms. The number of hydrogen-bond donors (Lipinski definition) is 1. The highest BCUT2D eigenvalue weighted by molar-refractivity contribution is 6.08. The first-order valence-corrected chi connectivity index (χ1v) is 16.6. The predicted octanol–water partition coefficient (Wildman–Crippen LogP) is 8.24. The number of aryl methyl sites for hydroxylation is 1. The lowest BCUT2D eigenvalue weighted by molar-refractivity contribution is 0.0497. The summed E-state index contributed by atoms with van der Waals surface area (Å²) in [5.41, 5.74) is 5.41. The van der Waals surface area contributed by atoms with Crippen molar-refractivity contribution in [3.63, 3.8) is 0 Å². The van der Waals surface area contributed by atoms with Crippen LogP contribution >= 0.6 is 0 Å². The molecule has 1 fully saturated rings. The van der Waals surface area contributed by atoms with Gasteiger partial charge in [-0.05, 0) is 82.9 Å². The summed E-state index contributed by atoms with van der Waals surface area (Å²) in [6.07, 6.45) is 9.18. The van der Waals surface area contributed by atoms with Crippen molar-refractivity contribution in [2.75, 3.05) is 18.0 Å². The van der Waals surface area contributed by atoms with Gasteiger partial charge in [0.25, 0.3) is 0 Å². The van der Waals surface area contributed by atoms with Crippen molar-refractivity contribution >= 4 is 28.3 Å². The number of ether oxygens (including phenoxy) is 1. The number of fused-ring (bicyclic) bond motifs is 2. The van der Waals surface area contributed by atoms with Crippen LogP contribution in [0.5, 0.6) is 0 Å². The second kappa shape index (κ2) is 12.8. The SMILES string of the molecule is Cc1ccc([C@H](C)n2cc(-c3ccc4c(F)cnn4c3)c3c(N4CCC(NC(=O)OC(C)(C)C)CC4)c(-c4cc(F)cc(F)c4)cnc32)nc1. The molecule has 9 nitrogen and oxygen atoms in total. The number of pyridine rings is 3. The van der Waals surface area contributed by atoms with E-state index in [9.17, 15) is 18.0 Å². The average molecular weight is 682 g/mol. The number of anilines is 1. The number of amides is 1. The van der Waals surface area contributed by atoms with Crippen molar-refractivity contribution in [3.05, 3.63) is 102 Å². The van der Waals surface area contributed by atoms with Gasteiger partial charge in [0.2, 0.25) is 0 Å². The van der Waals surface area contributed by atoms with Crippen LogP contribution in [0.4, 0.5) is 23.7 Å². The van der Waals surface area contributed by atoms with Crippen LogP contribution < -0.4 is 10.2 Å². The molecule has 0 bridgehead atoms. The first-order chi connectivity index (χ1) is 23.8. The van der Waals surface area contributed by atoms with Crippen LogP contribution in [-0.2, 0) is 4.74 Å². The van der Waals surface area contributed by atoms with Crippen molar-refractivity contribution in [2.45, 2.75) is 65.1 Å². The molecule has 0 radical (unpaired) electrons. The van der Waals surface area contributed by atoms with Crippen LogP contribution in [0.25, 0.3) is 38.8 Å². The summed E-state index contributed by atoms with van der Waals surface area (Å²) in [5, 5.41) is 7.96. The Morgan fingerprint density at radius 2 is 1.66 bits per heavy atom. The molecule has 12 heteroatoms. The lowest BCUT2D eigenvalue weighted by Gasteiger charge is -2.36. The van der Waals surface area contributed by atoms with Crippen molar-refractivity contribution < 1.29 is 22.7 Å². The van der Waals surface area contributed by atoms with E-state index >= 15 is 0 Å². The van der Waals surface area contributed by atoms with Crippen LogP contribution in [0.3, 0.4) is 0 Å². The van der Waals surface area contributed by atoms with E-state index in [4.69, 9.17) is 14.7 Å². The van der Waals surface area contributed by atoms with Crippen LogP contribution in [-0.4, -0.2) is 55.0 Å². The third kappa shape index (κ3) is 6.49. The zero-order valence-corrected chi connectivity index (χ0v) is 28.5. The lowest BCUT2D eigenvalue weighted by Crippen LogP contribution is -2.46. The van der Waals surface area contributed by atoms with Gasteiger partial charge in [0.05, 0.1) is 29.0 Å². The molecule has 1 atom stereocenters. The molecule has 1 N–H and O–H groups in total. The highest BCUT2D eigenvalue weighted by Crippen LogP contribution is 2.45. The van der Waals surface area contributed by atoms with Crippen LogP contribution in [0.2, 0.25) is 0 Å². The monoisotopic (exact) mass is 681 g/mol. The summed E-state index contributed by atoms with van der Waals surface area (Å²) in [5.74, 6) is -1.83. The third-order valence-electron chi connectivity index (χ3n) is 9.08. The van der Waals surface area contributed by atoms with Gasteiger partial charge in [-0.1, -0.05) is 12.1 Å². The summed E-state index contributed by atoms with van der Waals surface area (Å²) >= 11 is 0. The van der Waals surface area contributed by atoms with Gasteiger partial charge < -0.3 is 19.5 Å². The number of benzene rings is 1. The van der Waals surface area contributed by atoms with E-state index < -0.39 is 29.1 Å². The average Bonchev–Trinajstić information content (AvgIpc) is 3.63. The van der Waals surface area contributed by atoms with Crippen molar-refractivity contribution in [1.29, 1.82) is 0 Å².